The highest BCUT2D eigenvalue weighted by Crippen LogP contribution is 2.27. The number of anilines is 1. The van der Waals surface area contributed by atoms with E-state index in [1.807, 2.05) is 0 Å². The third-order valence-electron chi connectivity index (χ3n) is 3.43. The van der Waals surface area contributed by atoms with Crippen molar-refractivity contribution in [1.29, 1.82) is 0 Å². The molecule has 0 unspecified atom stereocenters. The van der Waals surface area contributed by atoms with Crippen LogP contribution in [0.2, 0.25) is 0 Å². The van der Waals surface area contributed by atoms with Crippen molar-refractivity contribution >= 4 is 17.3 Å². The first-order chi connectivity index (χ1) is 9.54. The second-order valence-electron chi connectivity index (χ2n) is 4.71. The number of halogens is 1. The second kappa shape index (κ2) is 5.85. The van der Waals surface area contributed by atoms with Crippen molar-refractivity contribution in [2.45, 2.75) is 19.3 Å². The zero-order valence-corrected chi connectivity index (χ0v) is 11.2. The predicted molar refractivity (Wildman–Crippen MR) is 72.4 cm³/mol. The van der Waals surface area contributed by atoms with E-state index < -0.39 is 22.3 Å². The number of benzene rings is 1. The third kappa shape index (κ3) is 2.71. The second-order valence-corrected chi connectivity index (χ2v) is 4.71. The average Bonchev–Trinajstić information content (AvgIpc) is 2.47. The Morgan fingerprint density at radius 3 is 2.55 bits per heavy atom. The van der Waals surface area contributed by atoms with E-state index in [4.69, 9.17) is 0 Å². The minimum absolute atomic E-state index is 0.0670. The number of nitro benzene ring substituents is 1. The molecule has 0 spiro atoms. The summed E-state index contributed by atoms with van der Waals surface area (Å²) in [4.78, 5) is 24.2. The standard InChI is InChI=1S/C13H16FN3O3/c1-15-11-7-9(12(17(19)20)8-10(11)14)13(18)16-5-3-2-4-6-16/h7-8,15H,2-6H2,1H3. The van der Waals surface area contributed by atoms with Crippen molar-refractivity contribution in [3.05, 3.63) is 33.6 Å². The molecule has 0 aromatic heterocycles. The van der Waals surface area contributed by atoms with Crippen molar-refractivity contribution in [3.63, 3.8) is 0 Å². The quantitative estimate of drug-likeness (QED) is 0.682. The normalized spacial score (nSPS) is 15.0. The number of nitrogens with zero attached hydrogens (tertiary/aromatic N) is 2. The highest BCUT2D eigenvalue weighted by atomic mass is 19.1. The van der Waals surface area contributed by atoms with E-state index in [1.165, 1.54) is 13.1 Å². The topological polar surface area (TPSA) is 75.5 Å². The fourth-order valence-electron chi connectivity index (χ4n) is 2.34. The van der Waals surface area contributed by atoms with Gasteiger partial charge in [-0.3, -0.25) is 14.9 Å². The van der Waals surface area contributed by atoms with E-state index in [9.17, 15) is 19.3 Å². The SMILES string of the molecule is CNc1cc(C(=O)N2CCCCC2)c([N+](=O)[O-])cc1F. The molecule has 2 rings (SSSR count). The number of hydrogen-bond acceptors (Lipinski definition) is 4. The molecule has 1 heterocycles. The van der Waals surface area contributed by atoms with E-state index >= 15 is 0 Å². The number of nitro groups is 1. The summed E-state index contributed by atoms with van der Waals surface area (Å²) in [5.74, 6) is -1.15. The van der Waals surface area contributed by atoms with Gasteiger partial charge in [0.05, 0.1) is 16.7 Å². The van der Waals surface area contributed by atoms with Gasteiger partial charge in [-0.1, -0.05) is 0 Å². The molecule has 0 radical (unpaired) electrons. The minimum Gasteiger partial charge on any atom is -0.386 e. The highest BCUT2D eigenvalue weighted by molar-refractivity contribution is 5.99. The Morgan fingerprint density at radius 1 is 1.35 bits per heavy atom. The molecule has 0 atom stereocenters. The van der Waals surface area contributed by atoms with Crippen molar-refractivity contribution in [2.24, 2.45) is 0 Å². The largest absolute Gasteiger partial charge is 0.386 e. The maximum Gasteiger partial charge on any atom is 0.285 e. The van der Waals surface area contributed by atoms with Crippen LogP contribution in [0.4, 0.5) is 15.8 Å². The van der Waals surface area contributed by atoms with Crippen LogP contribution in [0.25, 0.3) is 0 Å². The minimum atomic E-state index is -0.741. The van der Waals surface area contributed by atoms with E-state index in [2.05, 4.69) is 5.32 Å². The Labute approximate surface area is 115 Å². The van der Waals surface area contributed by atoms with Crippen LogP contribution in [0.5, 0.6) is 0 Å². The number of likely N-dealkylation sites (tertiary alicyclic amines) is 1. The molecule has 1 aromatic rings. The first-order valence-electron chi connectivity index (χ1n) is 6.49. The monoisotopic (exact) mass is 281 g/mol. The highest BCUT2D eigenvalue weighted by Gasteiger charge is 2.27. The molecule has 1 saturated heterocycles. The lowest BCUT2D eigenvalue weighted by atomic mass is 10.1. The average molecular weight is 281 g/mol. The van der Waals surface area contributed by atoms with Crippen LogP contribution in [0.15, 0.2) is 12.1 Å². The molecule has 108 valence electrons. The van der Waals surface area contributed by atoms with Crippen molar-refractivity contribution < 1.29 is 14.1 Å². The number of piperidine rings is 1. The zero-order valence-electron chi connectivity index (χ0n) is 11.2. The molecule has 7 heteroatoms. The Bertz CT molecular complexity index is 542. The number of amides is 1. The fraction of sp³-hybridized carbons (Fsp3) is 0.462. The summed E-state index contributed by atoms with van der Waals surface area (Å²) in [6.45, 7) is 1.17. The maximum atomic E-state index is 13.6. The Hall–Kier alpha value is -2.18. The molecule has 0 saturated carbocycles. The van der Waals surface area contributed by atoms with E-state index in [0.29, 0.717) is 13.1 Å². The van der Waals surface area contributed by atoms with Crippen molar-refractivity contribution in [1.82, 2.24) is 4.90 Å². The lowest BCUT2D eigenvalue weighted by molar-refractivity contribution is -0.385. The zero-order chi connectivity index (χ0) is 14.7. The van der Waals surface area contributed by atoms with Gasteiger partial charge in [-0.25, -0.2) is 4.39 Å². The van der Waals surface area contributed by atoms with Crippen LogP contribution in [0.3, 0.4) is 0 Å². The van der Waals surface area contributed by atoms with Gasteiger partial charge >= 0.3 is 0 Å². The van der Waals surface area contributed by atoms with Gasteiger partial charge in [0.2, 0.25) is 0 Å². The summed E-state index contributed by atoms with van der Waals surface area (Å²) in [7, 11) is 1.50. The van der Waals surface area contributed by atoms with Gasteiger partial charge in [0.25, 0.3) is 11.6 Å². The summed E-state index contributed by atoms with van der Waals surface area (Å²) in [5.41, 5.74) is -0.476. The van der Waals surface area contributed by atoms with Crippen LogP contribution in [-0.2, 0) is 0 Å². The number of nitrogens with one attached hydrogen (secondary N) is 1. The van der Waals surface area contributed by atoms with Crippen LogP contribution in [-0.4, -0.2) is 35.9 Å². The van der Waals surface area contributed by atoms with Crippen LogP contribution < -0.4 is 5.32 Å². The number of rotatable bonds is 3. The van der Waals surface area contributed by atoms with Crippen LogP contribution >= 0.6 is 0 Å². The van der Waals surface area contributed by atoms with E-state index in [-0.39, 0.29) is 11.3 Å². The van der Waals surface area contributed by atoms with Crippen LogP contribution in [0.1, 0.15) is 29.6 Å². The molecule has 0 bridgehead atoms. The molecule has 6 nitrogen and oxygen atoms in total. The molecule has 1 aromatic carbocycles. The maximum absolute atomic E-state index is 13.6. The van der Waals surface area contributed by atoms with E-state index in [0.717, 1.165) is 25.3 Å². The summed E-state index contributed by atoms with van der Waals surface area (Å²) in [6, 6.07) is 2.01. The lowest BCUT2D eigenvalue weighted by Gasteiger charge is -2.26. The Morgan fingerprint density at radius 2 is 2.00 bits per heavy atom. The molecule has 0 aliphatic carbocycles. The summed E-state index contributed by atoms with van der Waals surface area (Å²) < 4.78 is 13.6. The van der Waals surface area contributed by atoms with E-state index in [1.54, 1.807) is 4.90 Å². The molecule has 1 aliphatic rings. The third-order valence-corrected chi connectivity index (χ3v) is 3.43. The van der Waals surface area contributed by atoms with Gasteiger partial charge in [0.15, 0.2) is 5.82 Å². The summed E-state index contributed by atoms with van der Waals surface area (Å²) >= 11 is 0. The molecule has 1 fully saturated rings. The molecular formula is C13H16FN3O3. The van der Waals surface area contributed by atoms with Gasteiger partial charge < -0.3 is 10.2 Å². The molecular weight excluding hydrogens is 265 g/mol. The van der Waals surface area contributed by atoms with Crippen molar-refractivity contribution in [2.75, 3.05) is 25.5 Å². The van der Waals surface area contributed by atoms with Gasteiger partial charge in [0, 0.05) is 20.1 Å². The van der Waals surface area contributed by atoms with Crippen molar-refractivity contribution in [3.8, 4) is 0 Å². The van der Waals surface area contributed by atoms with Gasteiger partial charge in [-0.05, 0) is 25.3 Å². The number of hydrogen-bond donors (Lipinski definition) is 1. The van der Waals surface area contributed by atoms with Gasteiger partial charge in [-0.2, -0.15) is 0 Å². The Kier molecular flexibility index (Phi) is 4.16. The first-order valence-corrected chi connectivity index (χ1v) is 6.49. The predicted octanol–water partition coefficient (Wildman–Crippen LogP) is 2.40. The smallest absolute Gasteiger partial charge is 0.285 e. The summed E-state index contributed by atoms with van der Waals surface area (Å²) in [5, 5.41) is 13.6. The molecule has 20 heavy (non-hydrogen) atoms. The molecule has 1 aliphatic heterocycles. The van der Waals surface area contributed by atoms with Crippen LogP contribution in [0, 0.1) is 15.9 Å². The number of carbonyl (C=O) groups excluding carboxylic acids is 1. The molecule has 1 amide bonds. The molecule has 1 N–H and O–H groups in total. The number of carbonyl (C=O) groups is 1. The van der Waals surface area contributed by atoms with Gasteiger partial charge in [-0.15, -0.1) is 0 Å². The lowest BCUT2D eigenvalue weighted by Crippen LogP contribution is -2.36. The summed E-state index contributed by atoms with van der Waals surface area (Å²) in [6.07, 6.45) is 2.83. The van der Waals surface area contributed by atoms with Gasteiger partial charge in [0.1, 0.15) is 5.56 Å². The Balaban J connectivity index is 2.42. The fourth-order valence-corrected chi connectivity index (χ4v) is 2.34. The first kappa shape index (κ1) is 14.2.